The average Bonchev–Trinajstić information content (AvgIpc) is 3.33. The van der Waals surface area contributed by atoms with Crippen molar-refractivity contribution < 1.29 is 23.9 Å². The lowest BCUT2D eigenvalue weighted by Gasteiger charge is -2.53. The molecule has 5 heterocycles. The summed E-state index contributed by atoms with van der Waals surface area (Å²) in [6.07, 6.45) is 11.3. The van der Waals surface area contributed by atoms with Gasteiger partial charge in [-0.3, -0.25) is 14.6 Å². The zero-order chi connectivity index (χ0) is 24.5. The third-order valence-corrected chi connectivity index (χ3v) is 9.66. The molecule has 0 spiro atoms. The van der Waals surface area contributed by atoms with Gasteiger partial charge in [0.15, 0.2) is 6.04 Å². The van der Waals surface area contributed by atoms with Crippen molar-refractivity contribution in [3.8, 4) is 0 Å². The molecular formula is C25H35N3O5S. The van der Waals surface area contributed by atoms with E-state index in [1.54, 1.807) is 37.4 Å². The highest BCUT2D eigenvalue weighted by atomic mass is 32.2. The van der Waals surface area contributed by atoms with E-state index >= 15 is 0 Å². The number of esters is 2. The lowest BCUT2D eigenvalue weighted by atomic mass is 9.70. The maximum atomic E-state index is 13.2. The van der Waals surface area contributed by atoms with Crippen LogP contribution in [0.5, 0.6) is 0 Å². The van der Waals surface area contributed by atoms with Gasteiger partial charge < -0.3 is 19.3 Å². The lowest BCUT2D eigenvalue weighted by molar-refractivity contribution is -0.179. The fourth-order valence-electron chi connectivity index (χ4n) is 6.33. The molecule has 4 fully saturated rings. The Labute approximate surface area is 205 Å². The molecule has 5 aliphatic heterocycles. The molecule has 1 aliphatic carbocycles. The minimum absolute atomic E-state index is 0.0631. The van der Waals surface area contributed by atoms with E-state index < -0.39 is 41.0 Å². The van der Waals surface area contributed by atoms with Crippen LogP contribution in [0.1, 0.15) is 60.3 Å². The number of aliphatic imine (C=N–C) groups is 1. The number of carbonyl (C=O) groups is 3. The molecule has 6 aliphatic rings. The van der Waals surface area contributed by atoms with Crippen LogP contribution in [0.15, 0.2) is 17.3 Å². The normalized spacial score (nSPS) is 37.6. The second kappa shape index (κ2) is 8.00. The van der Waals surface area contributed by atoms with Crippen LogP contribution in [0.4, 0.5) is 0 Å². The second-order valence-corrected chi connectivity index (χ2v) is 13.5. The summed E-state index contributed by atoms with van der Waals surface area (Å²) in [5.74, 6) is 0.0591. The average molecular weight is 490 g/mol. The number of fused-ring (bicyclic) bond motifs is 2. The minimum atomic E-state index is -0.732. The number of rotatable bonds is 5. The summed E-state index contributed by atoms with van der Waals surface area (Å²) in [7, 11) is 0. The Kier molecular flexibility index (Phi) is 5.58. The Hall–Kier alpha value is -2.03. The Morgan fingerprint density at radius 2 is 2.03 bits per heavy atom. The predicted octanol–water partition coefficient (Wildman–Crippen LogP) is 2.97. The summed E-state index contributed by atoms with van der Waals surface area (Å²) in [6, 6.07) is -1.20. The Balaban J connectivity index is 1.26. The van der Waals surface area contributed by atoms with Crippen LogP contribution in [0, 0.1) is 17.3 Å². The molecule has 9 heteroatoms. The van der Waals surface area contributed by atoms with E-state index in [0.29, 0.717) is 11.8 Å². The van der Waals surface area contributed by atoms with Gasteiger partial charge in [-0.15, -0.1) is 11.8 Å². The highest BCUT2D eigenvalue weighted by Crippen LogP contribution is 2.53. The van der Waals surface area contributed by atoms with Gasteiger partial charge in [0.25, 0.3) is 5.91 Å². The SMILES string of the molecule is CC(C)(C)C(=O)OCOC(=O)[C@@H]1N2C(=O)[C@H](N=CC34CCCC3C3C=CN4CC3)[C@H]2SC1(C)C. The molecule has 34 heavy (non-hydrogen) atoms. The van der Waals surface area contributed by atoms with Crippen LogP contribution in [-0.2, 0) is 23.9 Å². The zero-order valence-electron chi connectivity index (χ0n) is 20.7. The first-order valence-electron chi connectivity index (χ1n) is 12.3. The number of nitrogens with zero attached hydrogens (tertiary/aromatic N) is 3. The first kappa shape index (κ1) is 23.7. The molecule has 0 radical (unpaired) electrons. The molecule has 186 valence electrons. The molecule has 3 saturated heterocycles. The van der Waals surface area contributed by atoms with Crippen LogP contribution in [0.25, 0.3) is 0 Å². The summed E-state index contributed by atoms with van der Waals surface area (Å²) in [5, 5.41) is -0.184. The van der Waals surface area contributed by atoms with Gasteiger partial charge in [0.2, 0.25) is 6.79 Å². The molecule has 8 nitrogen and oxygen atoms in total. The van der Waals surface area contributed by atoms with Crippen molar-refractivity contribution in [1.29, 1.82) is 0 Å². The number of hydrogen-bond acceptors (Lipinski definition) is 8. The number of ether oxygens (including phenoxy) is 2. The van der Waals surface area contributed by atoms with Crippen molar-refractivity contribution in [2.75, 3.05) is 13.3 Å². The van der Waals surface area contributed by atoms with Crippen molar-refractivity contribution in [2.45, 2.75) is 88.0 Å². The summed E-state index contributed by atoms with van der Waals surface area (Å²) in [6.45, 7) is 9.69. The van der Waals surface area contributed by atoms with Crippen molar-refractivity contribution in [1.82, 2.24) is 9.80 Å². The molecule has 0 aromatic carbocycles. The zero-order valence-corrected chi connectivity index (χ0v) is 21.5. The lowest BCUT2D eigenvalue weighted by Crippen LogP contribution is -2.65. The molecule has 1 saturated carbocycles. The number of carbonyl (C=O) groups excluding carboxylic acids is 3. The smallest absolute Gasteiger partial charge is 0.333 e. The Bertz CT molecular complexity index is 957. The Morgan fingerprint density at radius 1 is 1.26 bits per heavy atom. The van der Waals surface area contributed by atoms with Gasteiger partial charge >= 0.3 is 11.9 Å². The van der Waals surface area contributed by atoms with Crippen molar-refractivity contribution in [3.63, 3.8) is 0 Å². The van der Waals surface area contributed by atoms with Gasteiger partial charge in [0.1, 0.15) is 11.4 Å². The molecular weight excluding hydrogens is 454 g/mol. The van der Waals surface area contributed by atoms with Crippen molar-refractivity contribution in [3.05, 3.63) is 12.3 Å². The predicted molar refractivity (Wildman–Crippen MR) is 129 cm³/mol. The molecule has 0 aromatic rings. The van der Waals surface area contributed by atoms with Crippen LogP contribution < -0.4 is 0 Å². The maximum absolute atomic E-state index is 13.2. The first-order chi connectivity index (χ1) is 16.0. The van der Waals surface area contributed by atoms with E-state index in [2.05, 4.69) is 23.4 Å². The molecule has 6 atom stereocenters. The van der Waals surface area contributed by atoms with Crippen LogP contribution in [-0.4, -0.2) is 74.9 Å². The number of β-lactam (4-membered cyclic amide) rings is 1. The van der Waals surface area contributed by atoms with Gasteiger partial charge in [0.05, 0.1) is 11.0 Å². The Morgan fingerprint density at radius 3 is 2.71 bits per heavy atom. The van der Waals surface area contributed by atoms with E-state index in [1.807, 2.05) is 13.8 Å². The molecule has 2 bridgehead atoms. The van der Waals surface area contributed by atoms with Gasteiger partial charge in [-0.25, -0.2) is 4.79 Å². The highest BCUT2D eigenvalue weighted by molar-refractivity contribution is 8.01. The third kappa shape index (κ3) is 3.57. The summed E-state index contributed by atoms with van der Waals surface area (Å²) < 4.78 is 9.81. The van der Waals surface area contributed by atoms with Crippen LogP contribution in [0.3, 0.4) is 0 Å². The fraction of sp³-hybridized carbons (Fsp3) is 0.760. The number of thioether (sulfide) groups is 1. The summed E-state index contributed by atoms with van der Waals surface area (Å²) >= 11 is 1.59. The number of amides is 1. The number of piperidine rings is 1. The maximum Gasteiger partial charge on any atom is 0.333 e. The molecule has 0 aromatic heterocycles. The number of allylic oxidation sites excluding steroid dienone is 1. The van der Waals surface area contributed by atoms with Gasteiger partial charge in [-0.05, 0) is 71.9 Å². The fourth-order valence-corrected chi connectivity index (χ4v) is 7.94. The first-order valence-corrected chi connectivity index (χ1v) is 13.2. The van der Waals surface area contributed by atoms with E-state index in [1.165, 1.54) is 19.3 Å². The quantitative estimate of drug-likeness (QED) is 0.254. The van der Waals surface area contributed by atoms with Crippen LogP contribution >= 0.6 is 11.8 Å². The van der Waals surface area contributed by atoms with E-state index in [9.17, 15) is 14.4 Å². The summed E-state index contributed by atoms with van der Waals surface area (Å²) in [4.78, 5) is 46.9. The largest absolute Gasteiger partial charge is 0.427 e. The highest BCUT2D eigenvalue weighted by Gasteiger charge is 2.64. The second-order valence-electron chi connectivity index (χ2n) is 11.7. The summed E-state index contributed by atoms with van der Waals surface area (Å²) in [5.41, 5.74) is -0.743. The monoisotopic (exact) mass is 489 g/mol. The molecule has 6 rings (SSSR count). The molecule has 1 amide bonds. The van der Waals surface area contributed by atoms with Gasteiger partial charge in [-0.1, -0.05) is 12.5 Å². The topological polar surface area (TPSA) is 88.5 Å². The van der Waals surface area contributed by atoms with E-state index in [-0.39, 0.29) is 16.8 Å². The van der Waals surface area contributed by atoms with Crippen molar-refractivity contribution >= 4 is 35.8 Å². The van der Waals surface area contributed by atoms with Crippen molar-refractivity contribution in [2.24, 2.45) is 22.2 Å². The third-order valence-electron chi connectivity index (χ3n) is 8.10. The molecule has 3 unspecified atom stereocenters. The van der Waals surface area contributed by atoms with Crippen LogP contribution in [0.2, 0.25) is 0 Å². The van der Waals surface area contributed by atoms with E-state index in [0.717, 1.165) is 13.0 Å². The standard InChI is InChI=1S/C25H35N3O5S/c1-23(2,3)22(31)33-14-32-21(30)18-24(4,5)34-20-17(19(29)28(18)20)26-13-25-10-6-7-16(25)15-8-11-27(25)12-9-15/h8,11,13,15-18,20H,6-7,9-10,12,14H2,1-5H3/t15?,16?,17-,18-,20+,25?/m0/s1. The van der Waals surface area contributed by atoms with Gasteiger partial charge in [0, 0.05) is 17.5 Å². The molecule has 0 N–H and O–H groups in total. The van der Waals surface area contributed by atoms with E-state index in [4.69, 9.17) is 14.5 Å². The van der Waals surface area contributed by atoms with Gasteiger partial charge in [-0.2, -0.15) is 0 Å². The number of hydrogen-bond donors (Lipinski definition) is 0. The minimum Gasteiger partial charge on any atom is -0.427 e.